The van der Waals surface area contributed by atoms with Crippen molar-refractivity contribution in [1.29, 1.82) is 0 Å². The summed E-state index contributed by atoms with van der Waals surface area (Å²) in [5, 5.41) is 13.0. The molecule has 0 aliphatic carbocycles. The van der Waals surface area contributed by atoms with Crippen molar-refractivity contribution in [2.75, 3.05) is 12.0 Å². The summed E-state index contributed by atoms with van der Waals surface area (Å²) in [5.41, 5.74) is 4.58. The van der Waals surface area contributed by atoms with E-state index in [0.29, 0.717) is 12.3 Å². The molecule has 1 unspecified atom stereocenters. The van der Waals surface area contributed by atoms with Gasteiger partial charge >= 0.3 is 0 Å². The highest BCUT2D eigenvalue weighted by atomic mass is 32.1. The predicted octanol–water partition coefficient (Wildman–Crippen LogP) is 6.39. The Bertz CT molecular complexity index is 1240. The number of carbonyl (C=O) groups is 2. The molecule has 0 saturated heterocycles. The second kappa shape index (κ2) is 9.95. The zero-order valence-electron chi connectivity index (χ0n) is 19.9. The number of rotatable bonds is 8. The van der Waals surface area contributed by atoms with Crippen LogP contribution in [0.15, 0.2) is 71.3 Å². The van der Waals surface area contributed by atoms with Gasteiger partial charge in [0, 0.05) is 24.1 Å². The summed E-state index contributed by atoms with van der Waals surface area (Å²) >= 11 is 1.69. The molecule has 6 heteroatoms. The topological polar surface area (TPSA) is 66.8 Å². The Labute approximate surface area is 204 Å². The smallest absolute Gasteiger partial charge is 0.294 e. The fraction of sp³-hybridized carbons (Fsp3) is 0.286. The molecule has 0 fully saturated rings. The number of nitrogens with zero attached hydrogens (tertiary/aromatic N) is 1. The van der Waals surface area contributed by atoms with E-state index in [1.807, 2.05) is 62.4 Å². The number of amides is 1. The highest BCUT2D eigenvalue weighted by Crippen LogP contribution is 2.43. The Kier molecular flexibility index (Phi) is 7.00. The number of aryl methyl sites for hydroxylation is 1. The van der Waals surface area contributed by atoms with Crippen LogP contribution in [0.5, 0.6) is 0 Å². The summed E-state index contributed by atoms with van der Waals surface area (Å²) in [7, 11) is 1.61. The van der Waals surface area contributed by atoms with Crippen LogP contribution in [0, 0.1) is 12.8 Å². The standard InChI is InChI=1S/C28H29NO4S/c1-17(2)13-24(30)25-26(23-8-6-5-7-20(23)15-33-4)29(28(32)27(25)31)22-11-9-19(10-12-22)21-14-18(3)34-16-21/h5-12,14,16-17,26,31H,13,15H2,1-4H3. The first-order valence-corrected chi connectivity index (χ1v) is 12.2. The van der Waals surface area contributed by atoms with Crippen molar-refractivity contribution in [2.45, 2.75) is 39.8 Å². The van der Waals surface area contributed by atoms with E-state index in [9.17, 15) is 14.7 Å². The number of hydrogen-bond donors (Lipinski definition) is 1. The number of methoxy groups -OCH3 is 1. The molecule has 3 aromatic rings. The lowest BCUT2D eigenvalue weighted by Gasteiger charge is -2.29. The zero-order chi connectivity index (χ0) is 24.4. The van der Waals surface area contributed by atoms with Crippen LogP contribution < -0.4 is 4.90 Å². The minimum absolute atomic E-state index is 0.0974. The maximum atomic E-state index is 13.4. The Hall–Kier alpha value is -3.22. The summed E-state index contributed by atoms with van der Waals surface area (Å²) < 4.78 is 5.38. The molecule has 0 saturated carbocycles. The van der Waals surface area contributed by atoms with Crippen LogP contribution >= 0.6 is 11.3 Å². The molecule has 1 amide bonds. The first kappa shape index (κ1) is 23.9. The number of carbonyl (C=O) groups excluding carboxylic acids is 2. The molecule has 1 atom stereocenters. The number of hydrogen-bond acceptors (Lipinski definition) is 5. The van der Waals surface area contributed by atoms with Crippen molar-refractivity contribution in [3.8, 4) is 11.1 Å². The number of benzene rings is 2. The normalized spacial score (nSPS) is 16.1. The van der Waals surface area contributed by atoms with Gasteiger partial charge in [0.25, 0.3) is 5.91 Å². The molecule has 0 spiro atoms. The van der Waals surface area contributed by atoms with E-state index in [1.54, 1.807) is 18.4 Å². The van der Waals surface area contributed by atoms with Crippen LogP contribution in [0.2, 0.25) is 0 Å². The summed E-state index contributed by atoms with van der Waals surface area (Å²) in [5.74, 6) is -1.16. The largest absolute Gasteiger partial charge is 0.503 e. The third-order valence-electron chi connectivity index (χ3n) is 5.96. The van der Waals surface area contributed by atoms with Gasteiger partial charge in [-0.15, -0.1) is 11.3 Å². The number of aliphatic hydroxyl groups excluding tert-OH is 1. The zero-order valence-corrected chi connectivity index (χ0v) is 20.7. The van der Waals surface area contributed by atoms with Gasteiger partial charge in [0.2, 0.25) is 0 Å². The van der Waals surface area contributed by atoms with E-state index < -0.39 is 17.7 Å². The Morgan fingerprint density at radius 1 is 1.12 bits per heavy atom. The van der Waals surface area contributed by atoms with Gasteiger partial charge in [-0.25, -0.2) is 0 Å². The average molecular weight is 476 g/mol. The van der Waals surface area contributed by atoms with Crippen LogP contribution in [0.1, 0.15) is 42.3 Å². The van der Waals surface area contributed by atoms with Gasteiger partial charge in [0.15, 0.2) is 11.5 Å². The van der Waals surface area contributed by atoms with Gasteiger partial charge in [-0.05, 0) is 58.7 Å². The van der Waals surface area contributed by atoms with E-state index in [2.05, 4.69) is 18.4 Å². The Morgan fingerprint density at radius 2 is 1.82 bits per heavy atom. The van der Waals surface area contributed by atoms with Crippen molar-refractivity contribution < 1.29 is 19.4 Å². The minimum Gasteiger partial charge on any atom is -0.503 e. The van der Waals surface area contributed by atoms with Crippen molar-refractivity contribution in [3.63, 3.8) is 0 Å². The molecule has 34 heavy (non-hydrogen) atoms. The quantitative estimate of drug-likeness (QED) is 0.410. The van der Waals surface area contributed by atoms with Gasteiger partial charge in [0.05, 0.1) is 18.2 Å². The Morgan fingerprint density at radius 3 is 2.44 bits per heavy atom. The maximum Gasteiger partial charge on any atom is 0.294 e. The van der Waals surface area contributed by atoms with E-state index >= 15 is 0 Å². The van der Waals surface area contributed by atoms with E-state index in [4.69, 9.17) is 4.74 Å². The molecule has 1 aromatic heterocycles. The first-order valence-electron chi connectivity index (χ1n) is 11.3. The Balaban J connectivity index is 1.81. The van der Waals surface area contributed by atoms with Crippen molar-refractivity contribution in [3.05, 3.63) is 87.3 Å². The molecular formula is C28H29NO4S. The number of Topliss-reactive ketones (excluding diaryl/α,β-unsaturated/α-hetero) is 1. The molecule has 176 valence electrons. The lowest BCUT2D eigenvalue weighted by molar-refractivity contribution is -0.118. The van der Waals surface area contributed by atoms with Crippen molar-refractivity contribution >= 4 is 28.7 Å². The second-order valence-corrected chi connectivity index (χ2v) is 10.1. The van der Waals surface area contributed by atoms with Crippen molar-refractivity contribution in [1.82, 2.24) is 0 Å². The molecule has 4 rings (SSSR count). The number of anilines is 1. The van der Waals surface area contributed by atoms with Gasteiger partial charge in [0.1, 0.15) is 0 Å². The fourth-order valence-corrected chi connectivity index (χ4v) is 5.14. The van der Waals surface area contributed by atoms with Crippen LogP contribution in [0.25, 0.3) is 11.1 Å². The lowest BCUT2D eigenvalue weighted by Crippen LogP contribution is -2.31. The molecule has 2 aromatic carbocycles. The maximum absolute atomic E-state index is 13.4. The minimum atomic E-state index is -0.723. The van der Waals surface area contributed by atoms with Crippen LogP contribution in [0.4, 0.5) is 5.69 Å². The number of thiophene rings is 1. The van der Waals surface area contributed by atoms with Crippen molar-refractivity contribution in [2.24, 2.45) is 5.92 Å². The van der Waals surface area contributed by atoms with Gasteiger partial charge < -0.3 is 9.84 Å². The highest BCUT2D eigenvalue weighted by molar-refractivity contribution is 7.10. The van der Waals surface area contributed by atoms with E-state index in [1.165, 1.54) is 9.78 Å². The highest BCUT2D eigenvalue weighted by Gasteiger charge is 2.44. The molecule has 0 bridgehead atoms. The molecule has 1 aliphatic heterocycles. The SMILES string of the molecule is COCc1ccccc1C1C(C(=O)CC(C)C)=C(O)C(=O)N1c1ccc(-c2csc(C)c2)cc1. The predicted molar refractivity (Wildman–Crippen MR) is 136 cm³/mol. The van der Waals surface area contributed by atoms with E-state index in [-0.39, 0.29) is 23.7 Å². The van der Waals surface area contributed by atoms with Crippen LogP contribution in [-0.2, 0) is 20.9 Å². The summed E-state index contributed by atoms with van der Waals surface area (Å²) in [6.07, 6.45) is 0.250. The van der Waals surface area contributed by atoms with Gasteiger partial charge in [-0.3, -0.25) is 14.5 Å². The molecule has 1 aliphatic rings. The summed E-state index contributed by atoms with van der Waals surface area (Å²) in [4.78, 5) is 29.4. The third-order valence-corrected chi connectivity index (χ3v) is 6.82. The number of aliphatic hydroxyl groups is 1. The molecule has 5 nitrogen and oxygen atoms in total. The van der Waals surface area contributed by atoms with E-state index in [0.717, 1.165) is 22.3 Å². The summed E-state index contributed by atoms with van der Waals surface area (Å²) in [6, 6.07) is 16.7. The third kappa shape index (κ3) is 4.56. The molecular weight excluding hydrogens is 446 g/mol. The first-order chi connectivity index (χ1) is 16.3. The molecule has 2 heterocycles. The monoisotopic (exact) mass is 475 g/mol. The average Bonchev–Trinajstić information content (AvgIpc) is 3.35. The van der Waals surface area contributed by atoms with Gasteiger partial charge in [-0.1, -0.05) is 50.2 Å². The molecule has 1 N–H and O–H groups in total. The second-order valence-electron chi connectivity index (χ2n) is 8.99. The summed E-state index contributed by atoms with van der Waals surface area (Å²) in [6.45, 7) is 6.29. The van der Waals surface area contributed by atoms with Crippen LogP contribution in [-0.4, -0.2) is 23.9 Å². The van der Waals surface area contributed by atoms with Gasteiger partial charge in [-0.2, -0.15) is 0 Å². The lowest BCUT2D eigenvalue weighted by atomic mass is 9.89. The van der Waals surface area contributed by atoms with Crippen LogP contribution in [0.3, 0.4) is 0 Å². The molecule has 0 radical (unpaired) electrons. The number of ketones is 1. The number of ether oxygens (including phenoxy) is 1. The fourth-order valence-electron chi connectivity index (χ4n) is 4.43.